The molecular weight excluding hydrogens is 234 g/mol. The standard InChI is InChI=1S/C16H33N3/c1-3-16-14-18(2)11-7-12-19(16)13-10-17-15-8-5-4-6-9-15/h15-17H,3-14H2,1-2H3. The topological polar surface area (TPSA) is 18.5 Å². The number of rotatable bonds is 5. The van der Waals surface area contributed by atoms with Crippen LogP contribution in [0.25, 0.3) is 0 Å². The molecule has 0 aromatic carbocycles. The van der Waals surface area contributed by atoms with Gasteiger partial charge in [0.1, 0.15) is 0 Å². The van der Waals surface area contributed by atoms with Gasteiger partial charge in [-0.25, -0.2) is 0 Å². The Hall–Kier alpha value is -0.120. The molecule has 2 aliphatic rings. The van der Waals surface area contributed by atoms with E-state index in [0.29, 0.717) is 0 Å². The lowest BCUT2D eigenvalue weighted by Crippen LogP contribution is -2.44. The lowest BCUT2D eigenvalue weighted by molar-refractivity contribution is 0.180. The summed E-state index contributed by atoms with van der Waals surface area (Å²) in [6.45, 7) is 8.57. The summed E-state index contributed by atoms with van der Waals surface area (Å²) in [4.78, 5) is 5.22. The molecule has 2 fully saturated rings. The van der Waals surface area contributed by atoms with Crippen molar-refractivity contribution in [2.75, 3.05) is 39.8 Å². The van der Waals surface area contributed by atoms with Crippen molar-refractivity contribution in [3.8, 4) is 0 Å². The minimum atomic E-state index is 0.764. The van der Waals surface area contributed by atoms with Gasteiger partial charge in [-0.2, -0.15) is 0 Å². The molecule has 0 radical (unpaired) electrons. The number of hydrogen-bond acceptors (Lipinski definition) is 3. The van der Waals surface area contributed by atoms with Gasteiger partial charge < -0.3 is 10.2 Å². The van der Waals surface area contributed by atoms with E-state index < -0.39 is 0 Å². The van der Waals surface area contributed by atoms with E-state index in [1.807, 2.05) is 0 Å². The molecule has 1 aliphatic carbocycles. The highest BCUT2D eigenvalue weighted by Crippen LogP contribution is 2.17. The molecule has 1 aliphatic heterocycles. The lowest BCUT2D eigenvalue weighted by Gasteiger charge is -2.31. The molecule has 1 N–H and O–H groups in total. The van der Waals surface area contributed by atoms with Gasteiger partial charge in [-0.3, -0.25) is 4.90 Å². The van der Waals surface area contributed by atoms with Gasteiger partial charge in [0.2, 0.25) is 0 Å². The van der Waals surface area contributed by atoms with Crippen LogP contribution in [0.4, 0.5) is 0 Å². The average molecular weight is 267 g/mol. The van der Waals surface area contributed by atoms with Gasteiger partial charge in [0.15, 0.2) is 0 Å². The third-order valence-electron chi connectivity index (χ3n) is 4.93. The Labute approximate surface area is 119 Å². The molecule has 1 saturated heterocycles. The Balaban J connectivity index is 1.70. The van der Waals surface area contributed by atoms with Gasteiger partial charge >= 0.3 is 0 Å². The summed E-state index contributed by atoms with van der Waals surface area (Å²) in [5.41, 5.74) is 0. The summed E-state index contributed by atoms with van der Waals surface area (Å²) in [5, 5.41) is 3.79. The predicted octanol–water partition coefficient (Wildman–Crippen LogP) is 2.32. The van der Waals surface area contributed by atoms with Crippen molar-refractivity contribution in [3.05, 3.63) is 0 Å². The summed E-state index contributed by atoms with van der Waals surface area (Å²) in [6.07, 6.45) is 9.74. The van der Waals surface area contributed by atoms with Crippen molar-refractivity contribution in [1.29, 1.82) is 0 Å². The second-order valence-electron chi connectivity index (χ2n) is 6.50. The van der Waals surface area contributed by atoms with Crippen molar-refractivity contribution < 1.29 is 0 Å². The summed E-state index contributed by atoms with van der Waals surface area (Å²) in [5.74, 6) is 0. The van der Waals surface area contributed by atoms with E-state index in [2.05, 4.69) is 29.1 Å². The van der Waals surface area contributed by atoms with Crippen LogP contribution in [0.5, 0.6) is 0 Å². The first-order valence-electron chi connectivity index (χ1n) is 8.45. The normalized spacial score (nSPS) is 28.4. The summed E-state index contributed by atoms with van der Waals surface area (Å²) in [7, 11) is 2.27. The molecule has 0 aromatic heterocycles. The number of hydrogen-bond donors (Lipinski definition) is 1. The molecule has 112 valence electrons. The van der Waals surface area contributed by atoms with Gasteiger partial charge in [-0.1, -0.05) is 26.2 Å². The van der Waals surface area contributed by atoms with E-state index in [0.717, 1.165) is 12.1 Å². The molecule has 1 unspecified atom stereocenters. The molecule has 3 nitrogen and oxygen atoms in total. The van der Waals surface area contributed by atoms with Crippen LogP contribution < -0.4 is 5.32 Å². The highest BCUT2D eigenvalue weighted by molar-refractivity contribution is 4.79. The zero-order valence-electron chi connectivity index (χ0n) is 13.0. The minimum absolute atomic E-state index is 0.764. The van der Waals surface area contributed by atoms with E-state index in [1.165, 1.54) is 77.7 Å². The smallest absolute Gasteiger partial charge is 0.0220 e. The van der Waals surface area contributed by atoms with E-state index in [1.54, 1.807) is 0 Å². The fourth-order valence-corrected chi connectivity index (χ4v) is 3.69. The van der Waals surface area contributed by atoms with Crippen LogP contribution in [-0.4, -0.2) is 61.7 Å². The first kappa shape index (κ1) is 15.3. The maximum Gasteiger partial charge on any atom is 0.0220 e. The SMILES string of the molecule is CCC1CN(C)CCCN1CCNC1CCCCC1. The Bertz CT molecular complexity index is 238. The fourth-order valence-electron chi connectivity index (χ4n) is 3.69. The van der Waals surface area contributed by atoms with Gasteiger partial charge in [-0.05, 0) is 45.8 Å². The maximum atomic E-state index is 3.79. The molecule has 0 amide bonds. The highest BCUT2D eigenvalue weighted by atomic mass is 15.2. The lowest BCUT2D eigenvalue weighted by atomic mass is 9.95. The molecule has 2 rings (SSSR count). The van der Waals surface area contributed by atoms with Crippen LogP contribution in [0.15, 0.2) is 0 Å². The molecule has 1 atom stereocenters. The molecule has 3 heteroatoms. The molecular formula is C16H33N3. The number of nitrogens with zero attached hydrogens (tertiary/aromatic N) is 2. The number of likely N-dealkylation sites (N-methyl/N-ethyl adjacent to an activating group) is 1. The zero-order chi connectivity index (χ0) is 13.5. The Morgan fingerprint density at radius 1 is 1.05 bits per heavy atom. The van der Waals surface area contributed by atoms with Crippen molar-refractivity contribution in [1.82, 2.24) is 15.1 Å². The minimum Gasteiger partial charge on any atom is -0.313 e. The van der Waals surface area contributed by atoms with Crippen LogP contribution >= 0.6 is 0 Å². The third-order valence-corrected chi connectivity index (χ3v) is 4.93. The quantitative estimate of drug-likeness (QED) is 0.825. The first-order chi connectivity index (χ1) is 9.29. The second kappa shape index (κ2) is 8.23. The molecule has 1 heterocycles. The fraction of sp³-hybridized carbons (Fsp3) is 1.00. The Kier molecular flexibility index (Phi) is 6.62. The van der Waals surface area contributed by atoms with Crippen molar-refractivity contribution >= 4 is 0 Å². The van der Waals surface area contributed by atoms with Crippen LogP contribution in [0, 0.1) is 0 Å². The van der Waals surface area contributed by atoms with Gasteiger partial charge in [0.25, 0.3) is 0 Å². The van der Waals surface area contributed by atoms with Gasteiger partial charge in [-0.15, -0.1) is 0 Å². The predicted molar refractivity (Wildman–Crippen MR) is 82.6 cm³/mol. The largest absolute Gasteiger partial charge is 0.313 e. The van der Waals surface area contributed by atoms with Gasteiger partial charge in [0, 0.05) is 31.7 Å². The van der Waals surface area contributed by atoms with Gasteiger partial charge in [0.05, 0.1) is 0 Å². The monoisotopic (exact) mass is 267 g/mol. The average Bonchev–Trinajstić information content (AvgIpc) is 2.61. The summed E-state index contributed by atoms with van der Waals surface area (Å²) in [6, 6.07) is 1.57. The molecule has 0 aromatic rings. The Morgan fingerprint density at radius 3 is 2.58 bits per heavy atom. The van der Waals surface area contributed by atoms with Crippen molar-refractivity contribution in [2.24, 2.45) is 0 Å². The second-order valence-corrected chi connectivity index (χ2v) is 6.50. The first-order valence-corrected chi connectivity index (χ1v) is 8.45. The zero-order valence-corrected chi connectivity index (χ0v) is 13.0. The number of nitrogens with one attached hydrogen (secondary N) is 1. The maximum absolute atomic E-state index is 3.79. The molecule has 0 spiro atoms. The van der Waals surface area contributed by atoms with Crippen LogP contribution in [0.3, 0.4) is 0 Å². The van der Waals surface area contributed by atoms with Crippen molar-refractivity contribution in [3.63, 3.8) is 0 Å². The summed E-state index contributed by atoms with van der Waals surface area (Å²) >= 11 is 0. The van der Waals surface area contributed by atoms with E-state index in [-0.39, 0.29) is 0 Å². The van der Waals surface area contributed by atoms with E-state index in [4.69, 9.17) is 0 Å². The molecule has 19 heavy (non-hydrogen) atoms. The summed E-state index contributed by atoms with van der Waals surface area (Å²) < 4.78 is 0. The van der Waals surface area contributed by atoms with Crippen LogP contribution in [0.1, 0.15) is 51.9 Å². The molecule has 0 bridgehead atoms. The van der Waals surface area contributed by atoms with E-state index in [9.17, 15) is 0 Å². The third kappa shape index (κ3) is 5.05. The van der Waals surface area contributed by atoms with Crippen LogP contribution in [0.2, 0.25) is 0 Å². The molecule has 1 saturated carbocycles. The van der Waals surface area contributed by atoms with E-state index >= 15 is 0 Å². The highest BCUT2D eigenvalue weighted by Gasteiger charge is 2.21. The van der Waals surface area contributed by atoms with Crippen molar-refractivity contribution in [2.45, 2.75) is 64.0 Å². The van der Waals surface area contributed by atoms with Crippen LogP contribution in [-0.2, 0) is 0 Å². The Morgan fingerprint density at radius 2 is 1.84 bits per heavy atom.